The largest absolute Gasteiger partial charge is 0.507 e. The summed E-state index contributed by atoms with van der Waals surface area (Å²) in [5, 5.41) is 37.6. The summed E-state index contributed by atoms with van der Waals surface area (Å²) in [5.74, 6) is -2.57. The van der Waals surface area contributed by atoms with E-state index in [4.69, 9.17) is 4.74 Å². The number of anilines is 3. The van der Waals surface area contributed by atoms with Crippen LogP contribution in [-0.4, -0.2) is 53.6 Å². The Hall–Kier alpha value is -4.76. The fourth-order valence-corrected chi connectivity index (χ4v) is 7.19. The minimum atomic E-state index is -0.932. The molecule has 0 aromatic heterocycles. The van der Waals surface area contributed by atoms with Crippen molar-refractivity contribution in [1.82, 2.24) is 0 Å². The van der Waals surface area contributed by atoms with Gasteiger partial charge in [-0.1, -0.05) is 60.2 Å². The maximum absolute atomic E-state index is 13.9. The molecule has 1 aliphatic heterocycles. The number of rotatable bonds is 11. The van der Waals surface area contributed by atoms with E-state index in [2.05, 4.69) is 11.4 Å². The summed E-state index contributed by atoms with van der Waals surface area (Å²) in [7, 11) is 1.56. The number of aromatic hydroxyl groups is 1. The fraction of sp³-hybridized carbons (Fsp3) is 0.282. The second-order valence-corrected chi connectivity index (χ2v) is 12.4. The molecule has 8 heteroatoms. The Morgan fingerprint density at radius 3 is 2.32 bits per heavy atom. The van der Waals surface area contributed by atoms with E-state index in [1.165, 1.54) is 4.90 Å². The maximum atomic E-state index is 13.9. The number of carbonyl (C=O) groups excluding carboxylic acids is 2. The average molecular weight is 633 g/mol. The van der Waals surface area contributed by atoms with E-state index in [-0.39, 0.29) is 37.2 Å². The number of amides is 2. The second-order valence-electron chi connectivity index (χ2n) is 12.4. The third kappa shape index (κ3) is 6.45. The first-order valence-corrected chi connectivity index (χ1v) is 16.0. The first-order valence-electron chi connectivity index (χ1n) is 16.0. The van der Waals surface area contributed by atoms with Gasteiger partial charge < -0.3 is 25.4 Å². The molecule has 8 nitrogen and oxygen atoms in total. The van der Waals surface area contributed by atoms with Crippen LogP contribution in [0.25, 0.3) is 16.8 Å². The van der Waals surface area contributed by atoms with E-state index in [9.17, 15) is 24.9 Å². The number of phenolic OH excluding ortho intramolecular Hbond substituents is 1. The number of methoxy groups -OCH3 is 1. The highest BCUT2D eigenvalue weighted by Gasteiger charge is 2.55. The van der Waals surface area contributed by atoms with Crippen molar-refractivity contribution in [2.75, 3.05) is 30.5 Å². The number of phenols is 1. The van der Waals surface area contributed by atoms with Crippen LogP contribution < -0.4 is 10.2 Å². The Morgan fingerprint density at radius 2 is 1.62 bits per heavy atom. The molecule has 47 heavy (non-hydrogen) atoms. The molecule has 1 heterocycles. The van der Waals surface area contributed by atoms with Gasteiger partial charge in [0.1, 0.15) is 5.75 Å². The average Bonchev–Trinajstić information content (AvgIpc) is 3.34. The van der Waals surface area contributed by atoms with Crippen LogP contribution in [-0.2, 0) is 14.3 Å². The zero-order valence-electron chi connectivity index (χ0n) is 26.6. The molecule has 0 bridgehead atoms. The number of hydrogen-bond donors (Lipinski definition) is 4. The number of ether oxygens (including phenoxy) is 1. The number of benzene rings is 4. The van der Waals surface area contributed by atoms with Gasteiger partial charge in [0, 0.05) is 29.8 Å². The van der Waals surface area contributed by atoms with Gasteiger partial charge in [-0.05, 0) is 90.7 Å². The number of imide groups is 1. The van der Waals surface area contributed by atoms with Crippen LogP contribution in [0.5, 0.6) is 5.75 Å². The Balaban J connectivity index is 1.21. The van der Waals surface area contributed by atoms with Crippen molar-refractivity contribution in [3.8, 4) is 5.75 Å². The highest BCUT2D eigenvalue weighted by Crippen LogP contribution is 2.47. The number of para-hydroxylation sites is 1. The van der Waals surface area contributed by atoms with E-state index >= 15 is 0 Å². The molecule has 242 valence electrons. The Labute approximate surface area is 274 Å². The van der Waals surface area contributed by atoms with Gasteiger partial charge in [-0.3, -0.25) is 14.5 Å². The van der Waals surface area contributed by atoms with Gasteiger partial charge in [-0.25, -0.2) is 0 Å². The molecule has 4 aromatic rings. The summed E-state index contributed by atoms with van der Waals surface area (Å²) in [4.78, 5) is 29.0. The lowest BCUT2D eigenvalue weighted by atomic mass is 9.68. The molecule has 0 radical (unpaired) electrons. The van der Waals surface area contributed by atoms with Crippen molar-refractivity contribution >= 4 is 45.7 Å². The predicted molar refractivity (Wildman–Crippen MR) is 184 cm³/mol. The Kier molecular flexibility index (Phi) is 9.54. The minimum absolute atomic E-state index is 0.196. The quantitative estimate of drug-likeness (QED) is 0.109. The molecule has 4 atom stereocenters. The van der Waals surface area contributed by atoms with Crippen molar-refractivity contribution in [2.24, 2.45) is 17.8 Å². The fourth-order valence-electron chi connectivity index (χ4n) is 7.19. The molecule has 2 aliphatic rings. The van der Waals surface area contributed by atoms with Crippen molar-refractivity contribution in [2.45, 2.75) is 32.3 Å². The number of fused-ring (bicyclic) bond motifs is 2. The lowest BCUT2D eigenvalue weighted by Gasteiger charge is -2.36. The van der Waals surface area contributed by atoms with Crippen LogP contribution >= 0.6 is 0 Å². The van der Waals surface area contributed by atoms with Gasteiger partial charge in [0.2, 0.25) is 11.8 Å². The number of nitrogens with zero attached hydrogens (tertiary/aromatic N) is 1. The van der Waals surface area contributed by atoms with Crippen LogP contribution in [0.1, 0.15) is 31.7 Å². The molecule has 1 aliphatic carbocycles. The van der Waals surface area contributed by atoms with Gasteiger partial charge in [-0.15, -0.1) is 0 Å². The summed E-state index contributed by atoms with van der Waals surface area (Å²) in [6.07, 6.45) is 2.34. The topological polar surface area (TPSA) is 119 Å². The lowest BCUT2D eigenvalue weighted by molar-refractivity contribution is -0.123. The number of nitrogens with one attached hydrogen (secondary N) is 1. The first kappa shape index (κ1) is 32.2. The van der Waals surface area contributed by atoms with Crippen molar-refractivity contribution < 1.29 is 29.6 Å². The third-order valence-electron chi connectivity index (χ3n) is 9.40. The highest BCUT2D eigenvalue weighted by molar-refractivity contribution is 6.22. The molecule has 6 rings (SSSR count). The molecule has 4 aromatic carbocycles. The molecule has 1 saturated heterocycles. The summed E-state index contributed by atoms with van der Waals surface area (Å²) >= 11 is 0. The highest BCUT2D eigenvalue weighted by atomic mass is 16.5. The Morgan fingerprint density at radius 1 is 0.936 bits per heavy atom. The normalized spacial score (nSPS) is 20.6. The van der Waals surface area contributed by atoms with Crippen LogP contribution in [0.2, 0.25) is 0 Å². The van der Waals surface area contributed by atoms with E-state index in [1.54, 1.807) is 25.3 Å². The molecule has 2 amide bonds. The van der Waals surface area contributed by atoms with Gasteiger partial charge in [0.15, 0.2) is 0 Å². The smallest absolute Gasteiger partial charge is 0.238 e. The maximum Gasteiger partial charge on any atom is 0.238 e. The molecule has 4 N–H and O–H groups in total. The molecule has 0 unspecified atom stereocenters. The third-order valence-corrected chi connectivity index (χ3v) is 9.40. The zero-order valence-corrected chi connectivity index (χ0v) is 26.6. The second kappa shape index (κ2) is 13.9. The zero-order chi connectivity index (χ0) is 33.1. The van der Waals surface area contributed by atoms with Crippen molar-refractivity contribution in [3.05, 3.63) is 113 Å². The van der Waals surface area contributed by atoms with Crippen LogP contribution in [0.15, 0.2) is 108 Å². The van der Waals surface area contributed by atoms with E-state index in [0.717, 1.165) is 38.9 Å². The molecule has 1 fully saturated rings. The number of aliphatic hydroxyl groups excluding tert-OH is 2. The van der Waals surface area contributed by atoms with Gasteiger partial charge >= 0.3 is 0 Å². The van der Waals surface area contributed by atoms with Gasteiger partial charge in [0.05, 0.1) is 36.8 Å². The summed E-state index contributed by atoms with van der Waals surface area (Å²) < 4.78 is 5.49. The molecule has 0 saturated carbocycles. The minimum Gasteiger partial charge on any atom is -0.507 e. The molecular weight excluding hydrogens is 592 g/mol. The van der Waals surface area contributed by atoms with Crippen molar-refractivity contribution in [3.63, 3.8) is 0 Å². The number of allylic oxidation sites excluding steroid dienone is 1. The van der Waals surface area contributed by atoms with Crippen LogP contribution in [0, 0.1) is 17.8 Å². The van der Waals surface area contributed by atoms with Gasteiger partial charge in [0.25, 0.3) is 0 Å². The summed E-state index contributed by atoms with van der Waals surface area (Å²) in [6, 6.07) is 28.1. The predicted octanol–water partition coefficient (Wildman–Crippen LogP) is 6.59. The summed E-state index contributed by atoms with van der Waals surface area (Å²) in [5.41, 5.74) is 5.59. The number of aliphatic hydroxyl groups is 2. The van der Waals surface area contributed by atoms with E-state index in [0.29, 0.717) is 24.1 Å². The van der Waals surface area contributed by atoms with E-state index < -0.39 is 23.9 Å². The first-order chi connectivity index (χ1) is 22.8. The standard InChI is InChI=1S/C39H40N2O6/c1-24(20-25-13-19-34(43)31-11-7-6-10-30(25)31)12-18-35(44)36-26(23-47-2)21-32-37(33(36)22-42)39(46)41(38(32)45)29-16-14-28(15-17-29)40-27-8-4-3-5-9-27/h3-11,13-17,19-20,32-33,35,37,40,42-44H,12,18,21-23H2,1-2H3/b24-20+/t32-,33+,35-,37-/m1/s1. The number of carbonyl (C=O) groups is 2. The molecule has 0 spiro atoms. The van der Waals surface area contributed by atoms with Gasteiger partial charge in [-0.2, -0.15) is 0 Å². The van der Waals surface area contributed by atoms with Crippen LogP contribution in [0.3, 0.4) is 0 Å². The lowest BCUT2D eigenvalue weighted by Crippen LogP contribution is -2.39. The van der Waals surface area contributed by atoms with Crippen molar-refractivity contribution in [1.29, 1.82) is 0 Å². The Bertz CT molecular complexity index is 1830. The number of hydrogen-bond acceptors (Lipinski definition) is 7. The van der Waals surface area contributed by atoms with E-state index in [1.807, 2.05) is 79.7 Å². The SMILES string of the molecule is COCC1=C([C@H](O)CC/C(C)=C/c2ccc(O)c3ccccc23)[C@H](CO)[C@@H]2C(=O)N(c3ccc(Nc4ccccc4)cc3)C(=O)[C@@H]2C1. The molecular formula is C39H40N2O6. The van der Waals surface area contributed by atoms with Crippen LogP contribution in [0.4, 0.5) is 17.1 Å². The monoisotopic (exact) mass is 632 g/mol. The summed E-state index contributed by atoms with van der Waals surface area (Å²) in [6.45, 7) is 1.82.